The summed E-state index contributed by atoms with van der Waals surface area (Å²) in [4.78, 5) is 0. The smallest absolute Gasteiger partial charge is 0.122 e. The predicted molar refractivity (Wildman–Crippen MR) is 85.3 cm³/mol. The van der Waals surface area contributed by atoms with Crippen LogP contribution in [0.3, 0.4) is 0 Å². The third-order valence-corrected chi connectivity index (χ3v) is 4.61. The highest BCUT2D eigenvalue weighted by molar-refractivity contribution is 5.33. The van der Waals surface area contributed by atoms with Crippen molar-refractivity contribution in [1.82, 2.24) is 5.32 Å². The van der Waals surface area contributed by atoms with Crippen LogP contribution in [0.2, 0.25) is 0 Å². The average Bonchev–Trinajstić information content (AvgIpc) is 2.47. The van der Waals surface area contributed by atoms with Crippen LogP contribution in [0.15, 0.2) is 24.3 Å². The first-order chi connectivity index (χ1) is 9.69. The summed E-state index contributed by atoms with van der Waals surface area (Å²) in [6.07, 6.45) is 6.65. The van der Waals surface area contributed by atoms with Crippen molar-refractivity contribution in [2.75, 3.05) is 13.7 Å². The van der Waals surface area contributed by atoms with E-state index in [1.807, 2.05) is 12.1 Å². The molecule has 0 spiro atoms. The largest absolute Gasteiger partial charge is 0.496 e. The van der Waals surface area contributed by atoms with Gasteiger partial charge < -0.3 is 10.1 Å². The van der Waals surface area contributed by atoms with E-state index in [4.69, 9.17) is 4.74 Å². The molecule has 1 aromatic carbocycles. The van der Waals surface area contributed by atoms with Gasteiger partial charge in [-0.2, -0.15) is 0 Å². The van der Waals surface area contributed by atoms with Crippen LogP contribution in [-0.4, -0.2) is 19.7 Å². The molecule has 2 heteroatoms. The second kappa shape index (κ2) is 7.68. The van der Waals surface area contributed by atoms with Crippen molar-refractivity contribution in [1.29, 1.82) is 0 Å². The molecular formula is C18H29NO. The normalized spacial score (nSPS) is 24.4. The molecule has 1 unspecified atom stereocenters. The summed E-state index contributed by atoms with van der Waals surface area (Å²) >= 11 is 0. The van der Waals surface area contributed by atoms with Crippen molar-refractivity contribution in [2.45, 2.75) is 52.0 Å². The van der Waals surface area contributed by atoms with Crippen molar-refractivity contribution in [3.05, 3.63) is 29.8 Å². The van der Waals surface area contributed by atoms with E-state index in [1.54, 1.807) is 7.11 Å². The van der Waals surface area contributed by atoms with Crippen LogP contribution in [0.25, 0.3) is 0 Å². The minimum absolute atomic E-state index is 0.505. The average molecular weight is 275 g/mol. The molecule has 2 rings (SSSR count). The third-order valence-electron chi connectivity index (χ3n) is 4.61. The lowest BCUT2D eigenvalue weighted by Crippen LogP contribution is -2.34. The molecule has 0 radical (unpaired) electrons. The Morgan fingerprint density at radius 3 is 2.60 bits per heavy atom. The molecule has 20 heavy (non-hydrogen) atoms. The van der Waals surface area contributed by atoms with Crippen LogP contribution in [-0.2, 0) is 6.42 Å². The molecule has 0 bridgehead atoms. The second-order valence-electron chi connectivity index (χ2n) is 6.45. The van der Waals surface area contributed by atoms with Crippen LogP contribution < -0.4 is 10.1 Å². The van der Waals surface area contributed by atoms with Gasteiger partial charge in [0.1, 0.15) is 5.75 Å². The molecule has 1 N–H and O–H groups in total. The first-order valence-electron chi connectivity index (χ1n) is 8.04. The molecular weight excluding hydrogens is 246 g/mol. The fourth-order valence-corrected chi connectivity index (χ4v) is 3.17. The van der Waals surface area contributed by atoms with E-state index < -0.39 is 0 Å². The van der Waals surface area contributed by atoms with Gasteiger partial charge in [-0.3, -0.25) is 0 Å². The fraction of sp³-hybridized carbons (Fsp3) is 0.667. The maximum absolute atomic E-state index is 5.42. The lowest BCUT2D eigenvalue weighted by Gasteiger charge is -2.27. The van der Waals surface area contributed by atoms with Gasteiger partial charge in [0.25, 0.3) is 0 Å². The summed E-state index contributed by atoms with van der Waals surface area (Å²) in [5.74, 6) is 2.83. The Kier molecular flexibility index (Phi) is 5.90. The van der Waals surface area contributed by atoms with Crippen molar-refractivity contribution in [3.8, 4) is 5.75 Å². The van der Waals surface area contributed by atoms with E-state index in [0.717, 1.165) is 24.0 Å². The van der Waals surface area contributed by atoms with Gasteiger partial charge in [-0.05, 0) is 56.2 Å². The molecule has 1 aromatic rings. The third kappa shape index (κ3) is 4.52. The van der Waals surface area contributed by atoms with E-state index >= 15 is 0 Å². The van der Waals surface area contributed by atoms with E-state index in [9.17, 15) is 0 Å². The summed E-state index contributed by atoms with van der Waals surface area (Å²) in [5, 5.41) is 3.71. The van der Waals surface area contributed by atoms with Gasteiger partial charge in [0.05, 0.1) is 7.11 Å². The number of ether oxygens (including phenoxy) is 1. The molecule has 1 fully saturated rings. The number of hydrogen-bond donors (Lipinski definition) is 1. The standard InChI is InChI=1S/C18H29NO/c1-14-8-10-16(11-9-14)13-19-15(2)12-17-6-4-5-7-18(17)20-3/h4-7,14-16,19H,8-13H2,1-3H3. The molecule has 0 aromatic heterocycles. The Morgan fingerprint density at radius 2 is 1.90 bits per heavy atom. The zero-order valence-electron chi connectivity index (χ0n) is 13.2. The first kappa shape index (κ1) is 15.4. The molecule has 1 saturated carbocycles. The van der Waals surface area contributed by atoms with Gasteiger partial charge in [0, 0.05) is 6.04 Å². The van der Waals surface area contributed by atoms with Gasteiger partial charge in [0.15, 0.2) is 0 Å². The van der Waals surface area contributed by atoms with E-state index in [1.165, 1.54) is 37.8 Å². The predicted octanol–water partition coefficient (Wildman–Crippen LogP) is 4.04. The highest BCUT2D eigenvalue weighted by Crippen LogP contribution is 2.27. The molecule has 0 amide bonds. The molecule has 1 aliphatic carbocycles. The Bertz CT molecular complexity index is 396. The minimum Gasteiger partial charge on any atom is -0.496 e. The van der Waals surface area contributed by atoms with E-state index in [2.05, 4.69) is 31.3 Å². The molecule has 0 heterocycles. The van der Waals surface area contributed by atoms with Gasteiger partial charge in [-0.25, -0.2) is 0 Å². The van der Waals surface area contributed by atoms with E-state index in [-0.39, 0.29) is 0 Å². The summed E-state index contributed by atoms with van der Waals surface area (Å²) in [6, 6.07) is 8.84. The van der Waals surface area contributed by atoms with Crippen LogP contribution in [0.1, 0.15) is 45.1 Å². The topological polar surface area (TPSA) is 21.3 Å². The number of methoxy groups -OCH3 is 1. The van der Waals surface area contributed by atoms with Crippen LogP contribution in [0.5, 0.6) is 5.75 Å². The van der Waals surface area contributed by atoms with Crippen LogP contribution in [0, 0.1) is 11.8 Å². The number of hydrogen-bond acceptors (Lipinski definition) is 2. The zero-order valence-corrected chi connectivity index (χ0v) is 13.2. The lowest BCUT2D eigenvalue weighted by atomic mass is 9.83. The zero-order chi connectivity index (χ0) is 14.4. The minimum atomic E-state index is 0.505. The monoisotopic (exact) mass is 275 g/mol. The van der Waals surface area contributed by atoms with Crippen LogP contribution in [0.4, 0.5) is 0 Å². The summed E-state index contributed by atoms with van der Waals surface area (Å²) in [5.41, 5.74) is 1.30. The molecule has 0 aliphatic heterocycles. The van der Waals surface area contributed by atoms with Gasteiger partial charge in [-0.15, -0.1) is 0 Å². The van der Waals surface area contributed by atoms with Crippen molar-refractivity contribution in [2.24, 2.45) is 11.8 Å². The number of para-hydroxylation sites is 1. The maximum atomic E-state index is 5.42. The molecule has 2 nitrogen and oxygen atoms in total. The molecule has 1 atom stereocenters. The Hall–Kier alpha value is -1.02. The Labute approximate surface area is 123 Å². The summed E-state index contributed by atoms with van der Waals surface area (Å²) in [7, 11) is 1.75. The fourth-order valence-electron chi connectivity index (χ4n) is 3.17. The summed E-state index contributed by atoms with van der Waals surface area (Å²) < 4.78 is 5.42. The number of rotatable bonds is 6. The quantitative estimate of drug-likeness (QED) is 0.846. The number of benzene rings is 1. The number of nitrogens with one attached hydrogen (secondary N) is 1. The van der Waals surface area contributed by atoms with Crippen molar-refractivity contribution < 1.29 is 4.74 Å². The van der Waals surface area contributed by atoms with Crippen molar-refractivity contribution >= 4 is 0 Å². The van der Waals surface area contributed by atoms with Crippen LogP contribution >= 0.6 is 0 Å². The summed E-state index contributed by atoms with van der Waals surface area (Å²) in [6.45, 7) is 5.83. The van der Waals surface area contributed by atoms with Gasteiger partial charge in [0.2, 0.25) is 0 Å². The highest BCUT2D eigenvalue weighted by atomic mass is 16.5. The Morgan fingerprint density at radius 1 is 1.20 bits per heavy atom. The second-order valence-corrected chi connectivity index (χ2v) is 6.45. The SMILES string of the molecule is COc1ccccc1CC(C)NCC1CCC(C)CC1. The highest BCUT2D eigenvalue weighted by Gasteiger charge is 2.18. The van der Waals surface area contributed by atoms with Crippen molar-refractivity contribution in [3.63, 3.8) is 0 Å². The van der Waals surface area contributed by atoms with Gasteiger partial charge >= 0.3 is 0 Å². The Balaban J connectivity index is 1.76. The van der Waals surface area contributed by atoms with Gasteiger partial charge in [-0.1, -0.05) is 38.0 Å². The molecule has 0 saturated heterocycles. The molecule has 112 valence electrons. The lowest BCUT2D eigenvalue weighted by molar-refractivity contribution is 0.275. The van der Waals surface area contributed by atoms with E-state index in [0.29, 0.717) is 6.04 Å². The maximum Gasteiger partial charge on any atom is 0.122 e. The molecule has 1 aliphatic rings. The first-order valence-corrected chi connectivity index (χ1v) is 8.04.